The van der Waals surface area contributed by atoms with Gasteiger partial charge in [-0.1, -0.05) is 43.5 Å². The average molecular weight is 246 g/mol. The van der Waals surface area contributed by atoms with Gasteiger partial charge in [0.1, 0.15) is 0 Å². The molecule has 0 aliphatic heterocycles. The van der Waals surface area contributed by atoms with Crippen molar-refractivity contribution in [2.24, 2.45) is 0 Å². The van der Waals surface area contributed by atoms with Crippen molar-refractivity contribution >= 4 is 5.91 Å². The Balaban J connectivity index is 4.09. The van der Waals surface area contributed by atoms with Crippen LogP contribution >= 0.6 is 0 Å². The fourth-order valence-electron chi connectivity index (χ4n) is 1.30. The molecule has 0 fully saturated rings. The minimum atomic E-state index is -0.0728. The standard InChI is InChI=1S/C15H22N2O/c1-5-8-14(9-6-2)11-13(4)17-12-15(18)16-10-7-3/h5-9,17H,1,3-4,10-12H2,2H3,(H,16,18)/b9-6-,14-8+. The van der Waals surface area contributed by atoms with Crippen LogP contribution in [0.2, 0.25) is 0 Å². The van der Waals surface area contributed by atoms with Crippen LogP contribution in [0.1, 0.15) is 13.3 Å². The van der Waals surface area contributed by atoms with E-state index in [0.29, 0.717) is 13.0 Å². The van der Waals surface area contributed by atoms with Crippen LogP contribution in [0.15, 0.2) is 61.4 Å². The summed E-state index contributed by atoms with van der Waals surface area (Å²) in [5, 5.41) is 5.67. The van der Waals surface area contributed by atoms with Crippen LogP contribution in [0.3, 0.4) is 0 Å². The Hall–Kier alpha value is -2.03. The summed E-state index contributed by atoms with van der Waals surface area (Å²) in [6.45, 7) is 13.7. The van der Waals surface area contributed by atoms with Crippen molar-refractivity contribution in [3.63, 3.8) is 0 Å². The molecule has 0 heterocycles. The summed E-state index contributed by atoms with van der Waals surface area (Å²) >= 11 is 0. The molecule has 0 atom stereocenters. The van der Waals surface area contributed by atoms with Crippen molar-refractivity contribution in [2.45, 2.75) is 13.3 Å². The smallest absolute Gasteiger partial charge is 0.239 e. The van der Waals surface area contributed by atoms with Gasteiger partial charge in [-0.25, -0.2) is 0 Å². The Bertz CT molecular complexity index is 365. The number of hydrogen-bond acceptors (Lipinski definition) is 2. The van der Waals surface area contributed by atoms with E-state index < -0.39 is 0 Å². The summed E-state index contributed by atoms with van der Waals surface area (Å²) in [6, 6.07) is 0. The van der Waals surface area contributed by atoms with Crippen LogP contribution in [-0.4, -0.2) is 19.0 Å². The second-order valence-corrected chi connectivity index (χ2v) is 3.70. The normalized spacial score (nSPS) is 11.1. The minimum Gasteiger partial charge on any atom is -0.380 e. The van der Waals surface area contributed by atoms with Gasteiger partial charge >= 0.3 is 0 Å². The third-order valence-electron chi connectivity index (χ3n) is 2.07. The molecule has 0 rings (SSSR count). The summed E-state index contributed by atoms with van der Waals surface area (Å²) in [5.74, 6) is -0.0728. The van der Waals surface area contributed by atoms with Crippen molar-refractivity contribution < 1.29 is 4.79 Å². The molecule has 18 heavy (non-hydrogen) atoms. The lowest BCUT2D eigenvalue weighted by Gasteiger charge is -2.10. The van der Waals surface area contributed by atoms with Crippen LogP contribution in [0.25, 0.3) is 0 Å². The van der Waals surface area contributed by atoms with E-state index in [-0.39, 0.29) is 12.5 Å². The minimum absolute atomic E-state index is 0.0728. The molecule has 2 N–H and O–H groups in total. The van der Waals surface area contributed by atoms with Gasteiger partial charge < -0.3 is 10.6 Å². The number of nitrogens with one attached hydrogen (secondary N) is 2. The highest BCUT2D eigenvalue weighted by molar-refractivity contribution is 5.78. The quantitative estimate of drug-likeness (QED) is 0.485. The Morgan fingerprint density at radius 3 is 2.56 bits per heavy atom. The lowest BCUT2D eigenvalue weighted by molar-refractivity contribution is -0.119. The maximum atomic E-state index is 11.3. The fourth-order valence-corrected chi connectivity index (χ4v) is 1.30. The van der Waals surface area contributed by atoms with E-state index in [0.717, 1.165) is 11.3 Å². The van der Waals surface area contributed by atoms with Crippen molar-refractivity contribution in [1.29, 1.82) is 0 Å². The third-order valence-corrected chi connectivity index (χ3v) is 2.07. The predicted molar refractivity (Wildman–Crippen MR) is 78.1 cm³/mol. The average Bonchev–Trinajstić information content (AvgIpc) is 2.34. The molecular formula is C15H22N2O. The van der Waals surface area contributed by atoms with Crippen LogP contribution in [0.5, 0.6) is 0 Å². The summed E-state index contributed by atoms with van der Waals surface area (Å²) in [5.41, 5.74) is 1.89. The first-order valence-corrected chi connectivity index (χ1v) is 5.87. The molecule has 0 aromatic rings. The number of amides is 1. The third kappa shape index (κ3) is 8.16. The van der Waals surface area contributed by atoms with E-state index in [2.05, 4.69) is 30.4 Å². The molecule has 0 radical (unpaired) electrons. The maximum Gasteiger partial charge on any atom is 0.239 e. The van der Waals surface area contributed by atoms with Crippen LogP contribution in [-0.2, 0) is 4.79 Å². The summed E-state index contributed by atoms with van der Waals surface area (Å²) in [6.07, 6.45) is 9.92. The lowest BCUT2D eigenvalue weighted by atomic mass is 10.1. The highest BCUT2D eigenvalue weighted by Crippen LogP contribution is 2.08. The van der Waals surface area contributed by atoms with Crippen LogP contribution < -0.4 is 10.6 Å². The van der Waals surface area contributed by atoms with E-state index in [1.165, 1.54) is 0 Å². The highest BCUT2D eigenvalue weighted by atomic mass is 16.1. The number of carbonyl (C=O) groups excluding carboxylic acids is 1. The lowest BCUT2D eigenvalue weighted by Crippen LogP contribution is -2.33. The molecule has 0 aromatic heterocycles. The second kappa shape index (κ2) is 10.1. The van der Waals surface area contributed by atoms with E-state index in [9.17, 15) is 4.79 Å². The Kier molecular flexibility index (Phi) is 9.00. The molecular weight excluding hydrogens is 224 g/mol. The van der Waals surface area contributed by atoms with Gasteiger partial charge in [-0.2, -0.15) is 0 Å². The number of carbonyl (C=O) groups is 1. The molecule has 0 spiro atoms. The number of allylic oxidation sites excluding steroid dienone is 5. The van der Waals surface area contributed by atoms with E-state index in [1.807, 2.05) is 25.2 Å². The predicted octanol–water partition coefficient (Wildman–Crippen LogP) is 2.47. The molecule has 0 saturated heterocycles. The fraction of sp³-hybridized carbons (Fsp3) is 0.267. The van der Waals surface area contributed by atoms with Gasteiger partial charge in [0.05, 0.1) is 6.54 Å². The molecule has 3 heteroatoms. The summed E-state index contributed by atoms with van der Waals surface area (Å²) in [4.78, 5) is 11.3. The van der Waals surface area contributed by atoms with Crippen molar-refractivity contribution in [1.82, 2.24) is 10.6 Å². The van der Waals surface area contributed by atoms with Crippen LogP contribution in [0, 0.1) is 0 Å². The molecule has 98 valence electrons. The Morgan fingerprint density at radius 2 is 2.00 bits per heavy atom. The van der Waals surface area contributed by atoms with E-state index in [4.69, 9.17) is 0 Å². The number of hydrogen-bond donors (Lipinski definition) is 2. The molecule has 0 aliphatic rings. The monoisotopic (exact) mass is 246 g/mol. The molecule has 3 nitrogen and oxygen atoms in total. The van der Waals surface area contributed by atoms with Crippen LogP contribution in [0.4, 0.5) is 0 Å². The van der Waals surface area contributed by atoms with E-state index >= 15 is 0 Å². The van der Waals surface area contributed by atoms with Crippen molar-refractivity contribution in [3.8, 4) is 0 Å². The maximum absolute atomic E-state index is 11.3. The molecule has 0 aliphatic carbocycles. The first-order valence-electron chi connectivity index (χ1n) is 5.87. The van der Waals surface area contributed by atoms with Gasteiger partial charge in [0.25, 0.3) is 0 Å². The zero-order valence-corrected chi connectivity index (χ0v) is 11.0. The summed E-state index contributed by atoms with van der Waals surface area (Å²) in [7, 11) is 0. The van der Waals surface area contributed by atoms with Gasteiger partial charge in [0, 0.05) is 18.7 Å². The topological polar surface area (TPSA) is 41.1 Å². The molecule has 1 amide bonds. The Morgan fingerprint density at radius 1 is 1.28 bits per heavy atom. The molecule has 0 saturated carbocycles. The van der Waals surface area contributed by atoms with E-state index in [1.54, 1.807) is 12.2 Å². The highest BCUT2D eigenvalue weighted by Gasteiger charge is 2.01. The zero-order valence-electron chi connectivity index (χ0n) is 11.0. The van der Waals surface area contributed by atoms with Crippen molar-refractivity contribution in [3.05, 3.63) is 61.4 Å². The SMILES string of the molecule is C=C/C=C(\C=C/C)CC(=C)NCC(=O)NCC=C. The second-order valence-electron chi connectivity index (χ2n) is 3.70. The van der Waals surface area contributed by atoms with Gasteiger partial charge in [-0.3, -0.25) is 4.79 Å². The first-order chi connectivity index (χ1) is 8.63. The van der Waals surface area contributed by atoms with Gasteiger partial charge in [-0.15, -0.1) is 6.58 Å². The van der Waals surface area contributed by atoms with Crippen molar-refractivity contribution in [2.75, 3.05) is 13.1 Å². The van der Waals surface area contributed by atoms with Gasteiger partial charge in [0.15, 0.2) is 0 Å². The molecule has 0 aromatic carbocycles. The van der Waals surface area contributed by atoms with Gasteiger partial charge in [0.2, 0.25) is 5.91 Å². The first kappa shape index (κ1) is 16.0. The largest absolute Gasteiger partial charge is 0.380 e. The Labute approximate surface area is 110 Å². The molecule has 0 unspecified atom stereocenters. The number of rotatable bonds is 9. The molecule has 0 bridgehead atoms. The zero-order chi connectivity index (χ0) is 13.8. The van der Waals surface area contributed by atoms with Gasteiger partial charge in [-0.05, 0) is 12.5 Å². The summed E-state index contributed by atoms with van der Waals surface area (Å²) < 4.78 is 0.